The van der Waals surface area contributed by atoms with E-state index >= 15 is 0 Å². The fraction of sp³-hybridized carbons (Fsp3) is 0.849. The van der Waals surface area contributed by atoms with Gasteiger partial charge in [0.25, 0.3) is 0 Å². The van der Waals surface area contributed by atoms with Gasteiger partial charge in [0.15, 0.2) is 37.7 Å². The van der Waals surface area contributed by atoms with Gasteiger partial charge in [-0.2, -0.15) is 0 Å². The summed E-state index contributed by atoms with van der Waals surface area (Å²) in [5.74, 6) is -2.15. The first kappa shape index (κ1) is 76.4. The Balaban J connectivity index is 1.17. The first-order chi connectivity index (χ1) is 44.1. The standard InChI is InChI=1S/C53H87N5O35/c1-16(65)56-19(8-55-27-6-4-5-7-54-27)30(69)43(20(68)9-59)89-48-28(57-17(2)66)35(74)45(25(14-64)86-48)91-52-42(81)46(92-51-41(80)38(77)32(71)22(11-61)84-51)34(73)26(88-52)15-82-53-47(39(78)33(72)23(12-62)85-53)93-49-29(58-18(3)67)36(75)44(24(13-63)87-49)90-50-40(79)37(76)31(70)21(10-60)83-50/h4-7,19-26,28-53,59-64,68-81H,8-15H2,1-3H3,(H,54,55)(H,56,65)(H,57,66)(H,58,67)/t19-,20+,21+,22+,23+,24+,25+,26+,28+,29+,30+,31-,32+,33+,34+,35+,36+,37-,38-,39-,40+,41-,42-,43+,44+,45+,46-,47-,48-,49-,50-,51+,52-,53-/m0/s1. The number of aromatic nitrogens is 1. The van der Waals surface area contributed by atoms with Crippen LogP contribution in [0.2, 0.25) is 0 Å². The monoisotopic (exact) mass is 1350 g/mol. The largest absolute Gasteiger partial charge is 0.394 e. The van der Waals surface area contributed by atoms with E-state index in [1.54, 1.807) is 18.2 Å². The minimum absolute atomic E-state index is 0.277. The third-order valence-electron chi connectivity index (χ3n) is 16.4. The van der Waals surface area contributed by atoms with E-state index in [1.165, 1.54) is 6.20 Å². The highest BCUT2D eigenvalue weighted by atomic mass is 16.8. The van der Waals surface area contributed by atoms with Crippen molar-refractivity contribution in [3.63, 3.8) is 0 Å². The molecule has 6 fully saturated rings. The molecule has 34 atom stereocenters. The number of ether oxygens (including phenoxy) is 12. The number of rotatable bonds is 28. The van der Waals surface area contributed by atoms with Crippen LogP contribution in [0.1, 0.15) is 20.8 Å². The van der Waals surface area contributed by atoms with Crippen molar-refractivity contribution in [3.05, 3.63) is 24.4 Å². The van der Waals surface area contributed by atoms with Crippen LogP contribution in [0.3, 0.4) is 0 Å². The van der Waals surface area contributed by atoms with Crippen molar-refractivity contribution in [2.45, 2.75) is 229 Å². The zero-order chi connectivity index (χ0) is 68.4. The van der Waals surface area contributed by atoms with E-state index < -0.39 is 272 Å². The van der Waals surface area contributed by atoms with Crippen LogP contribution in [-0.2, 0) is 71.2 Å². The SMILES string of the molecule is CC(=O)N[C@H]1[C@H](O[C@@H]([C@H](O)[C@H](CNc2ccccn2)NC(C)=O)[C@H](O)CO)O[C@H](CO)[C@@H](O[C@@H]2O[C@H](CO[C@H]3O[C@H](CO)[C@@H](O)[C@H](O)[C@@H]3O[C@@H]3O[C@H](CO)[C@@H](O[C@@H]4O[C@H](CO)[C@H](O)[C@H](O)[C@H]4O)[C@H](O)[C@H]3NC(C)=O)[C@@H](O)[C@H](O[C@H]3O[C@H](CO)[C@@H](O)[C@H](O)[C@@H]3O)[C@@H]2O)[C@@H]1O. The number of carbonyl (C=O) groups is 3. The molecule has 93 heavy (non-hydrogen) atoms. The summed E-state index contributed by atoms with van der Waals surface area (Å²) >= 11 is 0. The van der Waals surface area contributed by atoms with Crippen molar-refractivity contribution in [3.8, 4) is 0 Å². The number of nitrogens with one attached hydrogen (secondary N) is 4. The lowest BCUT2D eigenvalue weighted by Crippen LogP contribution is -2.70. The molecule has 0 spiro atoms. The smallest absolute Gasteiger partial charge is 0.217 e. The number of nitrogens with zero attached hydrogens (tertiary/aromatic N) is 1. The molecule has 0 aliphatic carbocycles. The number of carbonyl (C=O) groups excluding carboxylic acids is 3. The second-order valence-corrected chi connectivity index (χ2v) is 23.0. The minimum Gasteiger partial charge on any atom is -0.394 e. The van der Waals surface area contributed by atoms with Gasteiger partial charge in [0.1, 0.15) is 171 Å². The lowest BCUT2D eigenvalue weighted by molar-refractivity contribution is -0.388. The van der Waals surface area contributed by atoms with Gasteiger partial charge < -0.3 is 180 Å². The molecule has 40 heteroatoms. The Bertz CT molecular complexity index is 2460. The van der Waals surface area contributed by atoms with Crippen molar-refractivity contribution >= 4 is 23.5 Å². The molecule has 0 aromatic carbocycles. The number of anilines is 1. The second-order valence-electron chi connectivity index (χ2n) is 23.0. The molecule has 7 rings (SSSR count). The van der Waals surface area contributed by atoms with Gasteiger partial charge in [-0.15, -0.1) is 0 Å². The molecule has 7 heterocycles. The van der Waals surface area contributed by atoms with Crippen molar-refractivity contribution < 1.29 is 173 Å². The average molecular weight is 1350 g/mol. The number of aliphatic hydroxyl groups is 20. The third kappa shape index (κ3) is 18.1. The first-order valence-corrected chi connectivity index (χ1v) is 29.6. The Morgan fingerprint density at radius 3 is 1.39 bits per heavy atom. The Hall–Kier alpha value is -3.92. The highest BCUT2D eigenvalue weighted by molar-refractivity contribution is 5.74. The maximum Gasteiger partial charge on any atom is 0.217 e. The van der Waals surface area contributed by atoms with Gasteiger partial charge in [0, 0.05) is 33.5 Å². The minimum atomic E-state index is -2.36. The molecular weight excluding hydrogens is 1270 g/mol. The molecule has 0 radical (unpaired) electrons. The van der Waals surface area contributed by atoms with E-state index in [0.717, 1.165) is 20.8 Å². The van der Waals surface area contributed by atoms with E-state index in [1.807, 2.05) is 0 Å². The van der Waals surface area contributed by atoms with Gasteiger partial charge in [-0.25, -0.2) is 4.98 Å². The van der Waals surface area contributed by atoms with Gasteiger partial charge >= 0.3 is 0 Å². The number of amides is 3. The zero-order valence-electron chi connectivity index (χ0n) is 50.1. The van der Waals surface area contributed by atoms with Crippen molar-refractivity contribution in [2.75, 3.05) is 58.1 Å². The predicted molar refractivity (Wildman–Crippen MR) is 294 cm³/mol. The molecule has 24 N–H and O–H groups in total. The summed E-state index contributed by atoms with van der Waals surface area (Å²) in [4.78, 5) is 42.1. The van der Waals surface area contributed by atoms with Gasteiger partial charge in [-0.05, 0) is 12.1 Å². The Kier molecular flexibility index (Phi) is 28.4. The van der Waals surface area contributed by atoms with Gasteiger partial charge in [-0.1, -0.05) is 6.07 Å². The Morgan fingerprint density at radius 2 is 0.914 bits per heavy atom. The van der Waals surface area contributed by atoms with Gasteiger partial charge in [0.05, 0.1) is 52.3 Å². The van der Waals surface area contributed by atoms with Crippen LogP contribution in [0.15, 0.2) is 24.4 Å². The summed E-state index contributed by atoms with van der Waals surface area (Å²) in [6, 6.07) is -0.205. The summed E-state index contributed by atoms with van der Waals surface area (Å²) in [5.41, 5.74) is 0. The number of aliphatic hydroxyl groups excluding tert-OH is 20. The molecule has 534 valence electrons. The summed E-state index contributed by atoms with van der Waals surface area (Å²) in [6.07, 6.45) is -60.7. The van der Waals surface area contributed by atoms with E-state index in [4.69, 9.17) is 56.8 Å². The molecule has 0 saturated carbocycles. The van der Waals surface area contributed by atoms with Crippen molar-refractivity contribution in [1.82, 2.24) is 20.9 Å². The topological polar surface area (TPSA) is 628 Å². The van der Waals surface area contributed by atoms with Crippen LogP contribution >= 0.6 is 0 Å². The highest BCUT2D eigenvalue weighted by Crippen LogP contribution is 2.37. The summed E-state index contributed by atoms with van der Waals surface area (Å²) < 4.78 is 70.5. The van der Waals surface area contributed by atoms with Crippen LogP contribution in [0.5, 0.6) is 0 Å². The van der Waals surface area contributed by atoms with E-state index in [2.05, 4.69) is 26.3 Å². The summed E-state index contributed by atoms with van der Waals surface area (Å²) in [7, 11) is 0. The lowest BCUT2D eigenvalue weighted by atomic mass is 9.94. The van der Waals surface area contributed by atoms with E-state index in [-0.39, 0.29) is 12.4 Å². The normalized spacial score (nSPS) is 42.9. The summed E-state index contributed by atoms with van der Waals surface area (Å²) in [6.45, 7) is -4.46. The van der Waals surface area contributed by atoms with Crippen LogP contribution < -0.4 is 21.3 Å². The number of hydrogen-bond donors (Lipinski definition) is 24. The third-order valence-corrected chi connectivity index (χ3v) is 16.4. The maximum absolute atomic E-state index is 12.9. The number of pyridine rings is 1. The molecule has 40 nitrogen and oxygen atoms in total. The van der Waals surface area contributed by atoms with Crippen LogP contribution in [0.25, 0.3) is 0 Å². The maximum atomic E-state index is 12.9. The van der Waals surface area contributed by atoms with Crippen LogP contribution in [0, 0.1) is 0 Å². The highest BCUT2D eigenvalue weighted by Gasteiger charge is 2.58. The zero-order valence-corrected chi connectivity index (χ0v) is 50.1. The first-order valence-electron chi connectivity index (χ1n) is 29.6. The van der Waals surface area contributed by atoms with Gasteiger partial charge in [-0.3, -0.25) is 14.4 Å². The fourth-order valence-electron chi connectivity index (χ4n) is 11.4. The molecule has 1 aromatic heterocycles. The predicted octanol–water partition coefficient (Wildman–Crippen LogP) is -14.7. The second kappa shape index (κ2) is 34.5. The van der Waals surface area contributed by atoms with Crippen molar-refractivity contribution in [1.29, 1.82) is 0 Å². The van der Waals surface area contributed by atoms with E-state index in [0.29, 0.717) is 0 Å². The molecule has 6 aliphatic rings. The van der Waals surface area contributed by atoms with Crippen LogP contribution in [0.4, 0.5) is 5.82 Å². The molecule has 3 amide bonds. The molecule has 0 bridgehead atoms. The van der Waals surface area contributed by atoms with Crippen LogP contribution in [-0.4, -0.2) is 386 Å². The quantitative estimate of drug-likeness (QED) is 0.0370. The molecule has 6 saturated heterocycles. The van der Waals surface area contributed by atoms with E-state index in [9.17, 15) is 117 Å². The average Bonchev–Trinajstić information content (AvgIpc) is 0.803. The van der Waals surface area contributed by atoms with Crippen molar-refractivity contribution in [2.24, 2.45) is 0 Å². The Labute approximate surface area is 528 Å². The molecule has 0 unspecified atom stereocenters. The fourth-order valence-corrected chi connectivity index (χ4v) is 11.4. The summed E-state index contributed by atoms with van der Waals surface area (Å²) in [5, 5.41) is 229. The van der Waals surface area contributed by atoms with Gasteiger partial charge in [0.2, 0.25) is 17.7 Å². The molecular formula is C53H87N5O35. The lowest BCUT2D eigenvalue weighted by Gasteiger charge is -2.50. The molecule has 1 aromatic rings. The molecule has 6 aliphatic heterocycles. The number of hydrogen-bond acceptors (Lipinski definition) is 37. The Morgan fingerprint density at radius 1 is 0.473 bits per heavy atom.